The normalized spacial score (nSPS) is 21.8. The van der Waals surface area contributed by atoms with Crippen molar-refractivity contribution in [2.75, 3.05) is 26.2 Å². The summed E-state index contributed by atoms with van der Waals surface area (Å²) in [5, 5.41) is 8.83. The van der Waals surface area contributed by atoms with Gasteiger partial charge in [0.05, 0.1) is 12.7 Å². The van der Waals surface area contributed by atoms with Crippen LogP contribution in [0, 0.1) is 0 Å². The highest BCUT2D eigenvalue weighted by atomic mass is 79.9. The molecule has 2 heterocycles. The summed E-state index contributed by atoms with van der Waals surface area (Å²) in [5.74, 6) is 0. The highest BCUT2D eigenvalue weighted by Gasteiger charge is 2.12. The van der Waals surface area contributed by atoms with Gasteiger partial charge in [-0.2, -0.15) is 0 Å². The van der Waals surface area contributed by atoms with Crippen molar-refractivity contribution in [2.45, 2.75) is 12.6 Å². The van der Waals surface area contributed by atoms with Crippen molar-refractivity contribution >= 4 is 27.3 Å². The second-order valence-electron chi connectivity index (χ2n) is 3.56. The number of rotatable bonds is 4. The van der Waals surface area contributed by atoms with Gasteiger partial charge in [-0.1, -0.05) is 0 Å². The molecule has 0 aromatic carbocycles. The molecule has 0 aliphatic carbocycles. The van der Waals surface area contributed by atoms with E-state index in [9.17, 15) is 0 Å². The molecule has 84 valence electrons. The van der Waals surface area contributed by atoms with E-state index in [0.29, 0.717) is 6.10 Å². The van der Waals surface area contributed by atoms with Crippen LogP contribution in [0.4, 0.5) is 0 Å². The number of halogens is 1. The van der Waals surface area contributed by atoms with Crippen molar-refractivity contribution < 1.29 is 4.74 Å². The molecule has 0 radical (unpaired) electrons. The van der Waals surface area contributed by atoms with E-state index in [-0.39, 0.29) is 0 Å². The van der Waals surface area contributed by atoms with Gasteiger partial charge < -0.3 is 15.4 Å². The molecule has 1 atom stereocenters. The molecule has 2 N–H and O–H groups in total. The monoisotopic (exact) mass is 290 g/mol. The van der Waals surface area contributed by atoms with Crippen LogP contribution in [0.2, 0.25) is 0 Å². The zero-order valence-electron chi connectivity index (χ0n) is 8.46. The van der Waals surface area contributed by atoms with Crippen molar-refractivity contribution in [1.29, 1.82) is 0 Å². The summed E-state index contributed by atoms with van der Waals surface area (Å²) in [7, 11) is 0. The first-order chi connectivity index (χ1) is 7.34. The lowest BCUT2D eigenvalue weighted by Gasteiger charge is -2.23. The fourth-order valence-electron chi connectivity index (χ4n) is 1.55. The Labute approximate surface area is 102 Å². The summed E-state index contributed by atoms with van der Waals surface area (Å²) in [6.45, 7) is 4.62. The fraction of sp³-hybridized carbons (Fsp3) is 0.600. The number of morpholine rings is 1. The van der Waals surface area contributed by atoms with E-state index in [1.165, 1.54) is 9.35 Å². The Bertz CT molecular complexity index is 299. The lowest BCUT2D eigenvalue weighted by atomic mass is 10.3. The molecule has 5 heteroatoms. The number of hydrogen-bond acceptors (Lipinski definition) is 4. The zero-order valence-corrected chi connectivity index (χ0v) is 10.9. The smallest absolute Gasteiger partial charge is 0.0824 e. The number of ether oxygens (including phenoxy) is 1. The lowest BCUT2D eigenvalue weighted by Crippen LogP contribution is -2.43. The topological polar surface area (TPSA) is 33.3 Å². The maximum atomic E-state index is 5.59. The van der Waals surface area contributed by atoms with Crippen LogP contribution in [0.25, 0.3) is 0 Å². The molecule has 0 saturated carbocycles. The van der Waals surface area contributed by atoms with Gasteiger partial charge in [0.2, 0.25) is 0 Å². The van der Waals surface area contributed by atoms with Crippen LogP contribution in [0.3, 0.4) is 0 Å². The van der Waals surface area contributed by atoms with Crippen LogP contribution >= 0.6 is 27.3 Å². The number of nitrogens with one attached hydrogen (secondary N) is 2. The highest BCUT2D eigenvalue weighted by Crippen LogP contribution is 2.19. The molecular formula is C10H15BrN2OS. The molecule has 1 aliphatic rings. The van der Waals surface area contributed by atoms with Gasteiger partial charge in [0.25, 0.3) is 0 Å². The number of thiophene rings is 1. The van der Waals surface area contributed by atoms with Crippen molar-refractivity contribution in [2.24, 2.45) is 0 Å². The van der Waals surface area contributed by atoms with Gasteiger partial charge in [0.15, 0.2) is 0 Å². The maximum absolute atomic E-state index is 5.59. The third-order valence-electron chi connectivity index (χ3n) is 2.30. The molecule has 1 unspecified atom stereocenters. The molecule has 1 saturated heterocycles. The Morgan fingerprint density at radius 3 is 3.27 bits per heavy atom. The average Bonchev–Trinajstić information content (AvgIpc) is 2.66. The van der Waals surface area contributed by atoms with Gasteiger partial charge in [0.1, 0.15) is 0 Å². The van der Waals surface area contributed by atoms with E-state index in [2.05, 4.69) is 38.0 Å². The van der Waals surface area contributed by atoms with Gasteiger partial charge in [0, 0.05) is 40.9 Å². The molecule has 1 fully saturated rings. The van der Waals surface area contributed by atoms with Crippen molar-refractivity contribution in [3.05, 3.63) is 20.8 Å². The zero-order chi connectivity index (χ0) is 10.5. The SMILES string of the molecule is Brc1csc(CNCC2CNCCO2)c1. The first-order valence-corrected chi connectivity index (χ1v) is 6.78. The second kappa shape index (κ2) is 5.96. The van der Waals surface area contributed by atoms with Crippen LogP contribution in [-0.4, -0.2) is 32.3 Å². The minimum atomic E-state index is 0.321. The van der Waals surface area contributed by atoms with Crippen molar-refractivity contribution in [1.82, 2.24) is 10.6 Å². The van der Waals surface area contributed by atoms with E-state index in [1.807, 2.05) is 0 Å². The Balaban J connectivity index is 1.65. The molecule has 0 bridgehead atoms. The standard InChI is InChI=1S/C10H15BrN2OS/c11-8-3-10(15-7-8)6-13-5-9-4-12-1-2-14-9/h3,7,9,12-13H,1-2,4-6H2. The summed E-state index contributed by atoms with van der Waals surface area (Å²) in [4.78, 5) is 1.35. The molecule has 0 amide bonds. The second-order valence-corrected chi connectivity index (χ2v) is 5.47. The molecule has 1 aromatic rings. The predicted molar refractivity (Wildman–Crippen MR) is 66.3 cm³/mol. The van der Waals surface area contributed by atoms with E-state index < -0.39 is 0 Å². The van der Waals surface area contributed by atoms with E-state index in [1.54, 1.807) is 11.3 Å². The summed E-state index contributed by atoms with van der Waals surface area (Å²) in [6.07, 6.45) is 0.321. The molecule has 3 nitrogen and oxygen atoms in total. The Morgan fingerprint density at radius 2 is 2.60 bits per heavy atom. The molecule has 0 spiro atoms. The first kappa shape index (κ1) is 11.5. The molecular weight excluding hydrogens is 276 g/mol. The van der Waals surface area contributed by atoms with Gasteiger partial charge in [-0.25, -0.2) is 0 Å². The highest BCUT2D eigenvalue weighted by molar-refractivity contribution is 9.10. The third kappa shape index (κ3) is 3.85. The van der Waals surface area contributed by atoms with Crippen LogP contribution in [0.1, 0.15) is 4.88 Å². The largest absolute Gasteiger partial charge is 0.374 e. The summed E-state index contributed by atoms with van der Waals surface area (Å²) >= 11 is 5.22. The van der Waals surface area contributed by atoms with Crippen LogP contribution in [0.15, 0.2) is 15.9 Å². The van der Waals surface area contributed by atoms with E-state index >= 15 is 0 Å². The van der Waals surface area contributed by atoms with Gasteiger partial charge in [-0.15, -0.1) is 11.3 Å². The van der Waals surface area contributed by atoms with Crippen LogP contribution in [0.5, 0.6) is 0 Å². The fourth-order valence-corrected chi connectivity index (χ4v) is 2.97. The minimum absolute atomic E-state index is 0.321. The summed E-state index contributed by atoms with van der Waals surface area (Å²) in [6, 6.07) is 2.15. The van der Waals surface area contributed by atoms with Crippen LogP contribution in [-0.2, 0) is 11.3 Å². The van der Waals surface area contributed by atoms with Crippen molar-refractivity contribution in [3.63, 3.8) is 0 Å². The first-order valence-electron chi connectivity index (χ1n) is 5.10. The predicted octanol–water partition coefficient (Wildman–Crippen LogP) is 1.59. The summed E-state index contributed by atoms with van der Waals surface area (Å²) < 4.78 is 6.76. The molecule has 2 rings (SSSR count). The quantitative estimate of drug-likeness (QED) is 0.884. The van der Waals surface area contributed by atoms with Gasteiger partial charge >= 0.3 is 0 Å². The van der Waals surface area contributed by atoms with Gasteiger partial charge in [-0.3, -0.25) is 0 Å². The average molecular weight is 291 g/mol. The molecule has 15 heavy (non-hydrogen) atoms. The third-order valence-corrected chi connectivity index (χ3v) is 4.00. The Kier molecular flexibility index (Phi) is 4.59. The Hall–Kier alpha value is 0.0600. The van der Waals surface area contributed by atoms with E-state index in [4.69, 9.17) is 4.74 Å². The van der Waals surface area contributed by atoms with Crippen LogP contribution < -0.4 is 10.6 Å². The van der Waals surface area contributed by atoms with Crippen molar-refractivity contribution in [3.8, 4) is 0 Å². The summed E-state index contributed by atoms with van der Waals surface area (Å²) in [5.41, 5.74) is 0. The van der Waals surface area contributed by atoms with Gasteiger partial charge in [-0.05, 0) is 22.0 Å². The minimum Gasteiger partial charge on any atom is -0.374 e. The van der Waals surface area contributed by atoms with E-state index in [0.717, 1.165) is 32.8 Å². The Morgan fingerprint density at radius 1 is 1.67 bits per heavy atom. The maximum Gasteiger partial charge on any atom is 0.0824 e. The molecule has 1 aromatic heterocycles. The lowest BCUT2D eigenvalue weighted by molar-refractivity contribution is 0.0291. The molecule has 1 aliphatic heterocycles. The number of hydrogen-bond donors (Lipinski definition) is 2.